The average molecular weight is 210 g/mol. The van der Waals surface area contributed by atoms with E-state index in [1.54, 1.807) is 0 Å². The Hall–Kier alpha value is -0.0800. The van der Waals surface area contributed by atoms with E-state index >= 15 is 0 Å². The predicted octanol–water partition coefficient (Wildman–Crippen LogP) is 1.96. The highest BCUT2D eigenvalue weighted by atomic mass is 15.1. The van der Waals surface area contributed by atoms with Crippen molar-refractivity contribution in [2.75, 3.05) is 26.7 Å². The Morgan fingerprint density at radius 2 is 2.07 bits per heavy atom. The normalized spacial score (nSPS) is 32.0. The van der Waals surface area contributed by atoms with Crippen LogP contribution in [0, 0.1) is 17.8 Å². The number of nitrogens with one attached hydrogen (secondary N) is 1. The third-order valence-corrected chi connectivity index (χ3v) is 3.99. The number of likely N-dealkylation sites (N-methyl/N-ethyl adjacent to an activating group) is 2. The molecule has 2 nitrogen and oxygen atoms in total. The molecule has 1 N–H and O–H groups in total. The van der Waals surface area contributed by atoms with Crippen molar-refractivity contribution in [1.29, 1.82) is 0 Å². The molecule has 0 radical (unpaired) electrons. The highest BCUT2D eigenvalue weighted by Crippen LogP contribution is 2.38. The molecule has 0 heterocycles. The Balaban J connectivity index is 1.67. The molecule has 0 bridgehead atoms. The highest BCUT2D eigenvalue weighted by Gasteiger charge is 2.35. The molecule has 0 aromatic heterocycles. The van der Waals surface area contributed by atoms with Crippen molar-refractivity contribution in [2.24, 2.45) is 17.8 Å². The van der Waals surface area contributed by atoms with Gasteiger partial charge in [-0.25, -0.2) is 0 Å². The summed E-state index contributed by atoms with van der Waals surface area (Å²) in [5, 5.41) is 3.64. The van der Waals surface area contributed by atoms with E-state index in [9.17, 15) is 0 Å². The van der Waals surface area contributed by atoms with Gasteiger partial charge in [0.1, 0.15) is 0 Å². The Morgan fingerprint density at radius 3 is 2.53 bits per heavy atom. The smallest absolute Gasteiger partial charge is 0.0223 e. The van der Waals surface area contributed by atoms with Crippen LogP contribution in [0.15, 0.2) is 0 Å². The zero-order chi connectivity index (χ0) is 10.8. The van der Waals surface area contributed by atoms with E-state index in [0.29, 0.717) is 0 Å². The molecule has 88 valence electrons. The minimum Gasteiger partial charge on any atom is -0.313 e. The van der Waals surface area contributed by atoms with Crippen molar-refractivity contribution < 1.29 is 0 Å². The summed E-state index contributed by atoms with van der Waals surface area (Å²) < 4.78 is 0. The number of hydrogen-bond acceptors (Lipinski definition) is 2. The second-order valence-corrected chi connectivity index (χ2v) is 5.70. The molecular weight excluding hydrogens is 184 g/mol. The molecule has 3 unspecified atom stereocenters. The molecule has 15 heavy (non-hydrogen) atoms. The first kappa shape index (κ1) is 11.4. The molecule has 0 saturated heterocycles. The monoisotopic (exact) mass is 210 g/mol. The van der Waals surface area contributed by atoms with E-state index in [-0.39, 0.29) is 0 Å². The van der Waals surface area contributed by atoms with Gasteiger partial charge in [0.2, 0.25) is 0 Å². The molecule has 2 heteroatoms. The lowest BCUT2D eigenvalue weighted by Gasteiger charge is -2.24. The van der Waals surface area contributed by atoms with Gasteiger partial charge < -0.3 is 10.2 Å². The van der Waals surface area contributed by atoms with Gasteiger partial charge in [0, 0.05) is 19.1 Å². The minimum absolute atomic E-state index is 0.758. The summed E-state index contributed by atoms with van der Waals surface area (Å²) in [6, 6.07) is 0.758. The fraction of sp³-hybridized carbons (Fsp3) is 1.00. The molecule has 0 spiro atoms. The van der Waals surface area contributed by atoms with Gasteiger partial charge in [0.25, 0.3) is 0 Å². The maximum absolute atomic E-state index is 3.64. The summed E-state index contributed by atoms with van der Waals surface area (Å²) in [5.74, 6) is 2.96. The second kappa shape index (κ2) is 4.84. The first-order chi connectivity index (χ1) is 7.20. The Kier molecular flexibility index (Phi) is 3.68. The Labute approximate surface area is 94.4 Å². The van der Waals surface area contributed by atoms with Gasteiger partial charge in [-0.1, -0.05) is 13.8 Å². The second-order valence-electron chi connectivity index (χ2n) is 5.70. The van der Waals surface area contributed by atoms with Gasteiger partial charge in [0.15, 0.2) is 0 Å². The van der Waals surface area contributed by atoms with Crippen molar-refractivity contribution in [3.05, 3.63) is 0 Å². The van der Waals surface area contributed by atoms with Crippen LogP contribution in [0.2, 0.25) is 0 Å². The third-order valence-electron chi connectivity index (χ3n) is 3.99. The van der Waals surface area contributed by atoms with Gasteiger partial charge in [0.05, 0.1) is 0 Å². The quantitative estimate of drug-likeness (QED) is 0.691. The van der Waals surface area contributed by atoms with Gasteiger partial charge >= 0.3 is 0 Å². The van der Waals surface area contributed by atoms with E-state index in [0.717, 1.165) is 30.3 Å². The molecule has 0 aliphatic heterocycles. The van der Waals surface area contributed by atoms with Crippen molar-refractivity contribution in [2.45, 2.75) is 39.2 Å². The van der Waals surface area contributed by atoms with E-state index in [1.165, 1.54) is 32.4 Å². The molecule has 2 rings (SSSR count). The van der Waals surface area contributed by atoms with Crippen LogP contribution >= 0.6 is 0 Å². The number of hydrogen-bond donors (Lipinski definition) is 1. The van der Waals surface area contributed by atoms with Gasteiger partial charge in [-0.3, -0.25) is 0 Å². The molecule has 3 atom stereocenters. The average Bonchev–Trinajstić information content (AvgIpc) is 3.03. The van der Waals surface area contributed by atoms with Gasteiger partial charge in [-0.05, 0) is 50.6 Å². The van der Waals surface area contributed by atoms with Crippen LogP contribution in [-0.2, 0) is 0 Å². The van der Waals surface area contributed by atoms with E-state index < -0.39 is 0 Å². The fourth-order valence-electron chi connectivity index (χ4n) is 2.61. The topological polar surface area (TPSA) is 15.3 Å². The molecule has 2 fully saturated rings. The molecule has 2 saturated carbocycles. The third kappa shape index (κ3) is 3.46. The Bertz CT molecular complexity index is 201. The first-order valence-corrected chi connectivity index (χ1v) is 6.62. The molecule has 2 aliphatic carbocycles. The number of rotatable bonds is 7. The highest BCUT2D eigenvalue weighted by molar-refractivity contribution is 4.90. The largest absolute Gasteiger partial charge is 0.313 e. The lowest BCUT2D eigenvalue weighted by Crippen LogP contribution is -2.41. The van der Waals surface area contributed by atoms with Crippen LogP contribution in [0.5, 0.6) is 0 Å². The van der Waals surface area contributed by atoms with Crippen LogP contribution in [0.1, 0.15) is 33.1 Å². The van der Waals surface area contributed by atoms with E-state index in [1.807, 2.05) is 0 Å². The number of nitrogens with zero attached hydrogens (tertiary/aromatic N) is 1. The van der Waals surface area contributed by atoms with Crippen LogP contribution in [0.3, 0.4) is 0 Å². The van der Waals surface area contributed by atoms with E-state index in [4.69, 9.17) is 0 Å². The summed E-state index contributed by atoms with van der Waals surface area (Å²) in [6.45, 7) is 8.28. The minimum atomic E-state index is 0.758. The van der Waals surface area contributed by atoms with Crippen LogP contribution in [0.25, 0.3) is 0 Å². The van der Waals surface area contributed by atoms with Crippen LogP contribution in [-0.4, -0.2) is 37.6 Å². The van der Waals surface area contributed by atoms with Crippen molar-refractivity contribution in [3.63, 3.8) is 0 Å². The van der Waals surface area contributed by atoms with Crippen molar-refractivity contribution in [3.8, 4) is 0 Å². The molecule has 0 aromatic carbocycles. The fourth-order valence-corrected chi connectivity index (χ4v) is 2.61. The molecular formula is C13H26N2. The van der Waals surface area contributed by atoms with Crippen LogP contribution in [0.4, 0.5) is 0 Å². The summed E-state index contributed by atoms with van der Waals surface area (Å²) in [4.78, 5) is 2.54. The SMILES string of the molecule is CCNC(CN(C)CC1CC1C)C1CC1. The summed E-state index contributed by atoms with van der Waals surface area (Å²) in [5.41, 5.74) is 0. The van der Waals surface area contributed by atoms with Crippen molar-refractivity contribution in [1.82, 2.24) is 10.2 Å². The van der Waals surface area contributed by atoms with E-state index in [2.05, 4.69) is 31.1 Å². The Morgan fingerprint density at radius 1 is 1.40 bits per heavy atom. The summed E-state index contributed by atoms with van der Waals surface area (Å²) in [6.07, 6.45) is 4.36. The molecule has 0 aromatic rings. The molecule has 2 aliphatic rings. The standard InChI is InChI=1S/C13H26N2/c1-4-14-13(11-5-6-11)9-15(3)8-12-7-10(12)2/h10-14H,4-9H2,1-3H3. The maximum atomic E-state index is 3.64. The summed E-state index contributed by atoms with van der Waals surface area (Å²) in [7, 11) is 2.29. The maximum Gasteiger partial charge on any atom is 0.0223 e. The molecule has 0 amide bonds. The predicted molar refractivity (Wildman–Crippen MR) is 65.0 cm³/mol. The zero-order valence-electron chi connectivity index (χ0n) is 10.5. The lowest BCUT2D eigenvalue weighted by molar-refractivity contribution is 0.263. The first-order valence-electron chi connectivity index (χ1n) is 6.62. The lowest BCUT2D eigenvalue weighted by atomic mass is 10.1. The van der Waals surface area contributed by atoms with Gasteiger partial charge in [-0.2, -0.15) is 0 Å². The zero-order valence-corrected chi connectivity index (χ0v) is 10.5. The summed E-state index contributed by atoms with van der Waals surface area (Å²) >= 11 is 0. The van der Waals surface area contributed by atoms with Gasteiger partial charge in [-0.15, -0.1) is 0 Å². The van der Waals surface area contributed by atoms with Crippen molar-refractivity contribution >= 4 is 0 Å². The van der Waals surface area contributed by atoms with Crippen LogP contribution < -0.4 is 5.32 Å².